The van der Waals surface area contributed by atoms with Crippen LogP contribution >= 0.6 is 0 Å². The van der Waals surface area contributed by atoms with Gasteiger partial charge >= 0.3 is 5.97 Å². The van der Waals surface area contributed by atoms with Crippen LogP contribution in [0.15, 0.2) is 30.3 Å². The van der Waals surface area contributed by atoms with Gasteiger partial charge in [-0.25, -0.2) is 13.2 Å². The second-order valence-corrected chi connectivity index (χ2v) is 7.98. The molecule has 0 saturated heterocycles. The zero-order valence-corrected chi connectivity index (χ0v) is 16.7. The van der Waals surface area contributed by atoms with Gasteiger partial charge in [0.15, 0.2) is 23.2 Å². The summed E-state index contributed by atoms with van der Waals surface area (Å²) in [5.41, 5.74) is 0.168. The smallest absolute Gasteiger partial charge is 0.311 e. The van der Waals surface area contributed by atoms with E-state index in [4.69, 9.17) is 0 Å². The SMILES string of the molecule is Cc1c(C(CC2CCC2)C(=O)O)c2c(F)c(O)ccc2n1C(=O)c1ccc(F)c(F)c1. The Morgan fingerprint density at radius 3 is 2.42 bits per heavy atom. The van der Waals surface area contributed by atoms with Gasteiger partial charge in [-0.3, -0.25) is 14.2 Å². The van der Waals surface area contributed by atoms with E-state index in [1.165, 1.54) is 13.0 Å². The first-order valence-electron chi connectivity index (χ1n) is 9.95. The summed E-state index contributed by atoms with van der Waals surface area (Å²) in [5, 5.41) is 19.7. The highest BCUT2D eigenvalue weighted by atomic mass is 19.2. The van der Waals surface area contributed by atoms with E-state index < -0.39 is 41.0 Å². The summed E-state index contributed by atoms with van der Waals surface area (Å²) in [6.45, 7) is 1.49. The van der Waals surface area contributed by atoms with E-state index in [2.05, 4.69) is 0 Å². The molecule has 162 valence electrons. The zero-order valence-electron chi connectivity index (χ0n) is 16.7. The van der Waals surface area contributed by atoms with Gasteiger partial charge in [-0.15, -0.1) is 0 Å². The minimum atomic E-state index is -1.21. The minimum Gasteiger partial charge on any atom is -0.505 e. The van der Waals surface area contributed by atoms with Crippen molar-refractivity contribution in [3.8, 4) is 5.75 Å². The molecule has 4 rings (SSSR count). The maximum absolute atomic E-state index is 15.0. The number of aromatic hydroxyl groups is 1. The Balaban J connectivity index is 1.95. The average Bonchev–Trinajstić information content (AvgIpc) is 2.98. The van der Waals surface area contributed by atoms with Gasteiger partial charge in [-0.1, -0.05) is 19.3 Å². The number of aromatic nitrogens is 1. The Morgan fingerprint density at radius 1 is 1.13 bits per heavy atom. The Hall–Kier alpha value is -3.29. The third-order valence-electron chi connectivity index (χ3n) is 6.15. The van der Waals surface area contributed by atoms with Gasteiger partial charge in [0, 0.05) is 16.6 Å². The molecule has 3 aromatic rings. The molecule has 0 amide bonds. The molecule has 0 bridgehead atoms. The fourth-order valence-electron chi connectivity index (χ4n) is 4.33. The van der Waals surface area contributed by atoms with Crippen LogP contribution in [-0.4, -0.2) is 26.7 Å². The van der Waals surface area contributed by atoms with Crippen molar-refractivity contribution in [3.63, 3.8) is 0 Å². The molecule has 1 saturated carbocycles. The predicted molar refractivity (Wildman–Crippen MR) is 107 cm³/mol. The number of aliphatic carboxylic acids is 1. The molecule has 1 heterocycles. The van der Waals surface area contributed by atoms with E-state index in [0.29, 0.717) is 0 Å². The highest BCUT2D eigenvalue weighted by Crippen LogP contribution is 2.42. The Kier molecular flexibility index (Phi) is 5.24. The lowest BCUT2D eigenvalue weighted by Gasteiger charge is -2.28. The summed E-state index contributed by atoms with van der Waals surface area (Å²) in [5.74, 6) is -6.83. The number of halogens is 3. The van der Waals surface area contributed by atoms with Crippen LogP contribution in [0.25, 0.3) is 10.9 Å². The summed E-state index contributed by atoms with van der Waals surface area (Å²) in [6, 6.07) is 5.03. The molecule has 1 aromatic heterocycles. The number of carbonyl (C=O) groups is 2. The molecule has 5 nitrogen and oxygen atoms in total. The number of carboxylic acids is 1. The molecular formula is C23H20F3NO4. The molecule has 2 N–H and O–H groups in total. The van der Waals surface area contributed by atoms with Crippen molar-refractivity contribution in [2.75, 3.05) is 0 Å². The minimum absolute atomic E-state index is 0.0531. The van der Waals surface area contributed by atoms with Crippen LogP contribution in [0, 0.1) is 30.3 Å². The van der Waals surface area contributed by atoms with E-state index in [9.17, 15) is 28.6 Å². The molecule has 8 heteroatoms. The van der Waals surface area contributed by atoms with Crippen molar-refractivity contribution in [2.45, 2.75) is 38.5 Å². The first-order valence-corrected chi connectivity index (χ1v) is 9.95. The molecule has 1 aliphatic rings. The molecule has 1 unspecified atom stereocenters. The van der Waals surface area contributed by atoms with Crippen LogP contribution in [0.3, 0.4) is 0 Å². The van der Waals surface area contributed by atoms with Gasteiger partial charge in [0.2, 0.25) is 0 Å². The highest BCUT2D eigenvalue weighted by molar-refractivity contribution is 6.05. The maximum Gasteiger partial charge on any atom is 0.311 e. The molecule has 1 atom stereocenters. The normalized spacial score (nSPS) is 15.1. The fourth-order valence-corrected chi connectivity index (χ4v) is 4.33. The lowest BCUT2D eigenvalue weighted by molar-refractivity contribution is -0.139. The van der Waals surface area contributed by atoms with Crippen molar-refractivity contribution in [1.82, 2.24) is 4.57 Å². The summed E-state index contributed by atoms with van der Waals surface area (Å²) < 4.78 is 43.1. The third-order valence-corrected chi connectivity index (χ3v) is 6.15. The number of benzene rings is 2. The van der Waals surface area contributed by atoms with Crippen LogP contribution in [0.2, 0.25) is 0 Å². The second-order valence-electron chi connectivity index (χ2n) is 7.98. The van der Waals surface area contributed by atoms with Crippen LogP contribution in [-0.2, 0) is 4.79 Å². The fraction of sp³-hybridized carbons (Fsp3) is 0.304. The van der Waals surface area contributed by atoms with Crippen LogP contribution in [0.5, 0.6) is 5.75 Å². The molecule has 0 radical (unpaired) electrons. The molecule has 31 heavy (non-hydrogen) atoms. The number of nitrogens with zero attached hydrogens (tertiary/aromatic N) is 1. The number of carboxylic acid groups (broad SMARTS) is 1. The van der Waals surface area contributed by atoms with Crippen LogP contribution in [0.4, 0.5) is 13.2 Å². The lowest BCUT2D eigenvalue weighted by Crippen LogP contribution is -2.21. The number of hydrogen-bond acceptors (Lipinski definition) is 3. The van der Waals surface area contributed by atoms with Gasteiger partial charge in [0.05, 0.1) is 11.4 Å². The quantitative estimate of drug-likeness (QED) is 0.588. The number of rotatable bonds is 5. The van der Waals surface area contributed by atoms with Gasteiger partial charge in [0.25, 0.3) is 5.91 Å². The molecule has 2 aromatic carbocycles. The van der Waals surface area contributed by atoms with Gasteiger partial charge in [0.1, 0.15) is 0 Å². The largest absolute Gasteiger partial charge is 0.505 e. The first kappa shape index (κ1) is 21.0. The molecule has 0 aliphatic heterocycles. The Labute approximate surface area is 175 Å². The first-order chi connectivity index (χ1) is 14.7. The predicted octanol–water partition coefficient (Wildman–Crippen LogP) is 5.12. The second kappa shape index (κ2) is 7.76. The van der Waals surface area contributed by atoms with Crippen molar-refractivity contribution in [1.29, 1.82) is 0 Å². The van der Waals surface area contributed by atoms with Gasteiger partial charge < -0.3 is 10.2 Å². The number of phenols is 1. The van der Waals surface area contributed by atoms with Crippen molar-refractivity contribution in [2.24, 2.45) is 5.92 Å². The average molecular weight is 431 g/mol. The summed E-state index contributed by atoms with van der Waals surface area (Å²) in [4.78, 5) is 25.3. The van der Waals surface area contributed by atoms with Crippen molar-refractivity contribution < 1.29 is 33.0 Å². The van der Waals surface area contributed by atoms with E-state index in [1.807, 2.05) is 0 Å². The van der Waals surface area contributed by atoms with E-state index in [0.717, 1.165) is 48.1 Å². The monoisotopic (exact) mass is 431 g/mol. The number of fused-ring (bicyclic) bond motifs is 1. The highest BCUT2D eigenvalue weighted by Gasteiger charge is 2.34. The lowest BCUT2D eigenvalue weighted by atomic mass is 9.76. The van der Waals surface area contributed by atoms with E-state index in [-0.39, 0.29) is 40.1 Å². The standard InChI is InChI=1S/C23H20F3NO4/c1-11-19(14(23(30)31)9-12-3-2-4-12)20-17(7-8-18(28)21(20)26)27(11)22(29)13-5-6-15(24)16(25)10-13/h5-8,10,12,14,28H,2-4,9H2,1H3,(H,30,31). The van der Waals surface area contributed by atoms with Gasteiger partial charge in [-0.2, -0.15) is 0 Å². The van der Waals surface area contributed by atoms with Crippen molar-refractivity contribution in [3.05, 3.63) is 64.6 Å². The topological polar surface area (TPSA) is 79.5 Å². The van der Waals surface area contributed by atoms with E-state index >= 15 is 4.39 Å². The third kappa shape index (κ3) is 3.45. The summed E-state index contributed by atoms with van der Waals surface area (Å²) in [6.07, 6.45) is 3.04. The molecule has 1 fully saturated rings. The van der Waals surface area contributed by atoms with Crippen molar-refractivity contribution >= 4 is 22.8 Å². The number of carbonyl (C=O) groups excluding carboxylic acids is 1. The van der Waals surface area contributed by atoms with Crippen LogP contribution in [0.1, 0.15) is 53.2 Å². The van der Waals surface area contributed by atoms with Crippen LogP contribution < -0.4 is 0 Å². The van der Waals surface area contributed by atoms with Gasteiger partial charge in [-0.05, 0) is 55.2 Å². The van der Waals surface area contributed by atoms with E-state index in [1.54, 1.807) is 0 Å². The molecule has 1 aliphatic carbocycles. The molecular weight excluding hydrogens is 411 g/mol. The summed E-state index contributed by atoms with van der Waals surface area (Å²) in [7, 11) is 0. The number of phenolic OH excluding ortho intramolecular Hbond substituents is 1. The Morgan fingerprint density at radius 2 is 1.84 bits per heavy atom. The Bertz CT molecular complexity index is 1210. The molecule has 0 spiro atoms. The zero-order chi connectivity index (χ0) is 22.4. The maximum atomic E-state index is 15.0. The number of hydrogen-bond donors (Lipinski definition) is 2. The summed E-state index contributed by atoms with van der Waals surface area (Å²) >= 11 is 0.